The second kappa shape index (κ2) is 7.26. The fourth-order valence-corrected chi connectivity index (χ4v) is 2.51. The number of H-pyrrole nitrogens is 1. The molecule has 2 heterocycles. The van der Waals surface area contributed by atoms with Gasteiger partial charge in [0, 0.05) is 5.56 Å². The van der Waals surface area contributed by atoms with E-state index in [4.69, 9.17) is 16.2 Å². The number of aromatic amines is 1. The molecule has 0 radical (unpaired) electrons. The minimum Gasteiger partial charge on any atom is -0.463 e. The van der Waals surface area contributed by atoms with Crippen molar-refractivity contribution in [2.45, 2.75) is 26.3 Å². The summed E-state index contributed by atoms with van der Waals surface area (Å²) < 4.78 is 6.95. The molecule has 1 aromatic carbocycles. The molecule has 1 amide bonds. The number of carbonyl (C=O) groups is 1. The van der Waals surface area contributed by atoms with Gasteiger partial charge < -0.3 is 21.2 Å². The van der Waals surface area contributed by atoms with E-state index in [-0.39, 0.29) is 24.1 Å². The third kappa shape index (κ3) is 3.51. The average Bonchev–Trinajstić information content (AvgIpc) is 2.92. The van der Waals surface area contributed by atoms with Crippen LogP contribution in [0.15, 0.2) is 29.1 Å². The molecule has 2 aromatic heterocycles. The summed E-state index contributed by atoms with van der Waals surface area (Å²) in [5.74, 6) is -0.350. The number of aromatic nitrogens is 4. The van der Waals surface area contributed by atoms with E-state index in [1.807, 2.05) is 0 Å². The predicted octanol–water partition coefficient (Wildman–Crippen LogP) is 1.03. The SMILES string of the molecule is CCCCOc1nc(N)c2[nH]c(=O)n(Cc3ccc(C(N)=O)cc3)c2n1. The van der Waals surface area contributed by atoms with Crippen molar-refractivity contribution in [2.75, 3.05) is 12.3 Å². The molecule has 136 valence electrons. The number of hydrogen-bond acceptors (Lipinski definition) is 6. The zero-order chi connectivity index (χ0) is 18.7. The molecule has 3 aromatic rings. The average molecular weight is 356 g/mol. The van der Waals surface area contributed by atoms with Crippen molar-refractivity contribution in [3.8, 4) is 6.01 Å². The molecule has 9 nitrogen and oxygen atoms in total. The Bertz CT molecular complexity index is 990. The van der Waals surface area contributed by atoms with Gasteiger partial charge in [-0.1, -0.05) is 25.5 Å². The van der Waals surface area contributed by atoms with E-state index in [2.05, 4.69) is 21.9 Å². The number of nitrogen functional groups attached to an aromatic ring is 1. The number of primary amides is 1. The fourth-order valence-electron chi connectivity index (χ4n) is 2.51. The van der Waals surface area contributed by atoms with Gasteiger partial charge in [-0.3, -0.25) is 9.36 Å². The van der Waals surface area contributed by atoms with Crippen LogP contribution in [0.5, 0.6) is 6.01 Å². The molecular weight excluding hydrogens is 336 g/mol. The maximum atomic E-state index is 12.3. The maximum absolute atomic E-state index is 12.3. The van der Waals surface area contributed by atoms with Gasteiger partial charge in [0.05, 0.1) is 13.2 Å². The third-order valence-corrected chi connectivity index (χ3v) is 3.94. The Labute approximate surface area is 149 Å². The molecule has 5 N–H and O–H groups in total. The molecular formula is C17H20N6O3. The first kappa shape index (κ1) is 17.5. The van der Waals surface area contributed by atoms with E-state index < -0.39 is 5.91 Å². The van der Waals surface area contributed by atoms with Crippen molar-refractivity contribution >= 4 is 22.9 Å². The van der Waals surface area contributed by atoms with Gasteiger partial charge in [0.15, 0.2) is 11.5 Å². The number of fused-ring (bicyclic) bond motifs is 1. The summed E-state index contributed by atoms with van der Waals surface area (Å²) in [6, 6.07) is 6.82. The standard InChI is InChI=1S/C17H20N6O3/c1-2-3-8-26-16-21-13(18)12-15(22-16)23(17(25)20-12)9-10-4-6-11(7-5-10)14(19)24/h4-7H,2-3,8-9H2,1H3,(H2,19,24)(H,20,25)(H2,18,21,22). The number of nitrogens with zero attached hydrogens (tertiary/aromatic N) is 3. The Balaban J connectivity index is 1.95. The number of imidazole rings is 1. The second-order valence-electron chi connectivity index (χ2n) is 5.87. The maximum Gasteiger partial charge on any atom is 0.328 e. The normalized spacial score (nSPS) is 11.0. The highest BCUT2D eigenvalue weighted by atomic mass is 16.5. The van der Waals surface area contributed by atoms with Crippen molar-refractivity contribution in [3.05, 3.63) is 45.9 Å². The van der Waals surface area contributed by atoms with Gasteiger partial charge in [-0.25, -0.2) is 4.79 Å². The van der Waals surface area contributed by atoms with Crippen molar-refractivity contribution < 1.29 is 9.53 Å². The Morgan fingerprint density at radius 3 is 2.65 bits per heavy atom. The van der Waals surface area contributed by atoms with Crippen LogP contribution in [0.3, 0.4) is 0 Å². The molecule has 0 fully saturated rings. The van der Waals surface area contributed by atoms with Crippen LogP contribution in [-0.2, 0) is 6.54 Å². The Hall–Kier alpha value is -3.36. The van der Waals surface area contributed by atoms with E-state index in [9.17, 15) is 9.59 Å². The minimum absolute atomic E-state index is 0.139. The number of ether oxygens (including phenoxy) is 1. The highest BCUT2D eigenvalue weighted by molar-refractivity contribution is 5.92. The van der Waals surface area contributed by atoms with Crippen LogP contribution in [-0.4, -0.2) is 32.0 Å². The molecule has 3 rings (SSSR count). The van der Waals surface area contributed by atoms with Gasteiger partial charge in [0.1, 0.15) is 5.52 Å². The third-order valence-electron chi connectivity index (χ3n) is 3.94. The molecule has 0 bridgehead atoms. The monoisotopic (exact) mass is 356 g/mol. The van der Waals surface area contributed by atoms with Crippen molar-refractivity contribution in [2.24, 2.45) is 5.73 Å². The molecule has 0 aliphatic heterocycles. The molecule has 0 spiro atoms. The lowest BCUT2D eigenvalue weighted by molar-refractivity contribution is 0.100. The number of unbranched alkanes of at least 4 members (excludes halogenated alkanes) is 1. The number of rotatable bonds is 7. The molecule has 0 unspecified atom stereocenters. The van der Waals surface area contributed by atoms with Crippen molar-refractivity contribution in [1.82, 2.24) is 19.5 Å². The molecule has 26 heavy (non-hydrogen) atoms. The van der Waals surface area contributed by atoms with E-state index in [0.29, 0.717) is 23.3 Å². The predicted molar refractivity (Wildman–Crippen MR) is 97.0 cm³/mol. The number of nitrogens with two attached hydrogens (primary N) is 2. The summed E-state index contributed by atoms with van der Waals surface area (Å²) in [4.78, 5) is 34.5. The Kier molecular flexibility index (Phi) is 4.87. The van der Waals surface area contributed by atoms with Crippen LogP contribution < -0.4 is 21.9 Å². The number of amides is 1. The number of benzene rings is 1. The molecule has 0 saturated heterocycles. The zero-order valence-corrected chi connectivity index (χ0v) is 14.4. The van der Waals surface area contributed by atoms with Gasteiger partial charge in [-0.15, -0.1) is 0 Å². The first-order chi connectivity index (χ1) is 12.5. The fraction of sp³-hybridized carbons (Fsp3) is 0.294. The van der Waals surface area contributed by atoms with Crippen LogP contribution >= 0.6 is 0 Å². The van der Waals surface area contributed by atoms with Gasteiger partial charge in [-0.05, 0) is 24.1 Å². The lowest BCUT2D eigenvalue weighted by Gasteiger charge is -2.07. The van der Waals surface area contributed by atoms with Gasteiger partial charge >= 0.3 is 11.7 Å². The quantitative estimate of drug-likeness (QED) is 0.540. The van der Waals surface area contributed by atoms with Crippen LogP contribution in [0.2, 0.25) is 0 Å². The summed E-state index contributed by atoms with van der Waals surface area (Å²) in [6.45, 7) is 2.78. The smallest absolute Gasteiger partial charge is 0.328 e. The van der Waals surface area contributed by atoms with Gasteiger partial charge in [0.2, 0.25) is 5.91 Å². The molecule has 0 atom stereocenters. The number of carbonyl (C=O) groups excluding carboxylic acids is 1. The molecule has 0 aliphatic rings. The molecule has 0 saturated carbocycles. The summed E-state index contributed by atoms with van der Waals surface area (Å²) in [5.41, 5.74) is 12.8. The number of hydrogen-bond donors (Lipinski definition) is 3. The van der Waals surface area contributed by atoms with Crippen molar-refractivity contribution in [1.29, 1.82) is 0 Å². The second-order valence-corrected chi connectivity index (χ2v) is 5.87. The Morgan fingerprint density at radius 2 is 2.00 bits per heavy atom. The van der Waals surface area contributed by atoms with E-state index >= 15 is 0 Å². The van der Waals surface area contributed by atoms with Crippen LogP contribution in [0.1, 0.15) is 35.7 Å². The highest BCUT2D eigenvalue weighted by Gasteiger charge is 2.15. The van der Waals surface area contributed by atoms with Gasteiger partial charge in [-0.2, -0.15) is 9.97 Å². The van der Waals surface area contributed by atoms with Crippen LogP contribution in [0.4, 0.5) is 5.82 Å². The number of nitrogens with one attached hydrogen (secondary N) is 1. The summed E-state index contributed by atoms with van der Waals surface area (Å²) in [5, 5.41) is 0. The first-order valence-electron chi connectivity index (χ1n) is 8.27. The minimum atomic E-state index is -0.504. The molecule has 9 heteroatoms. The summed E-state index contributed by atoms with van der Waals surface area (Å²) >= 11 is 0. The van der Waals surface area contributed by atoms with E-state index in [0.717, 1.165) is 18.4 Å². The lowest BCUT2D eigenvalue weighted by Crippen LogP contribution is -2.18. The number of anilines is 1. The largest absolute Gasteiger partial charge is 0.463 e. The van der Waals surface area contributed by atoms with Crippen LogP contribution in [0.25, 0.3) is 11.2 Å². The van der Waals surface area contributed by atoms with Crippen molar-refractivity contribution in [3.63, 3.8) is 0 Å². The zero-order valence-electron chi connectivity index (χ0n) is 14.4. The highest BCUT2D eigenvalue weighted by Crippen LogP contribution is 2.18. The summed E-state index contributed by atoms with van der Waals surface area (Å²) in [7, 11) is 0. The summed E-state index contributed by atoms with van der Waals surface area (Å²) in [6.07, 6.45) is 1.85. The lowest BCUT2D eigenvalue weighted by atomic mass is 10.1. The van der Waals surface area contributed by atoms with E-state index in [1.54, 1.807) is 24.3 Å². The molecule has 0 aliphatic carbocycles. The van der Waals surface area contributed by atoms with Crippen LogP contribution in [0, 0.1) is 0 Å². The van der Waals surface area contributed by atoms with E-state index in [1.165, 1.54) is 4.57 Å². The van der Waals surface area contributed by atoms with Gasteiger partial charge in [0.25, 0.3) is 0 Å². The first-order valence-corrected chi connectivity index (χ1v) is 8.27. The topological polar surface area (TPSA) is 142 Å². The Morgan fingerprint density at radius 1 is 1.27 bits per heavy atom.